The van der Waals surface area contributed by atoms with Crippen molar-refractivity contribution in [2.45, 2.75) is 13.1 Å². The third-order valence-electron chi connectivity index (χ3n) is 1.35. The maximum absolute atomic E-state index is 12.0. The summed E-state index contributed by atoms with van der Waals surface area (Å²) in [5.41, 5.74) is 0. The SMILES string of the molecule is C[CH]CN1CC(F)C1. The molecule has 0 spiro atoms. The van der Waals surface area contributed by atoms with Gasteiger partial charge in [-0.25, -0.2) is 4.39 Å². The van der Waals surface area contributed by atoms with Crippen molar-refractivity contribution in [3.05, 3.63) is 6.42 Å². The van der Waals surface area contributed by atoms with Gasteiger partial charge in [-0.05, 0) is 6.42 Å². The lowest BCUT2D eigenvalue weighted by molar-refractivity contribution is 0.0740. The summed E-state index contributed by atoms with van der Waals surface area (Å²) in [6, 6.07) is 0. The van der Waals surface area contributed by atoms with E-state index in [1.807, 2.05) is 13.3 Å². The van der Waals surface area contributed by atoms with Crippen LogP contribution >= 0.6 is 0 Å². The third-order valence-corrected chi connectivity index (χ3v) is 1.35. The molecule has 1 nitrogen and oxygen atoms in total. The van der Waals surface area contributed by atoms with Gasteiger partial charge in [0.25, 0.3) is 0 Å². The molecule has 1 aliphatic rings. The minimum Gasteiger partial charge on any atom is -0.297 e. The first-order chi connectivity index (χ1) is 3.83. The molecule has 0 amide bonds. The molecule has 0 atom stereocenters. The number of nitrogens with zero attached hydrogens (tertiary/aromatic N) is 1. The van der Waals surface area contributed by atoms with E-state index in [0.717, 1.165) is 6.54 Å². The highest BCUT2D eigenvalue weighted by atomic mass is 19.1. The second-order valence-electron chi connectivity index (χ2n) is 2.22. The van der Waals surface area contributed by atoms with Crippen LogP contribution in [0.1, 0.15) is 6.92 Å². The van der Waals surface area contributed by atoms with Crippen molar-refractivity contribution in [1.29, 1.82) is 0 Å². The Morgan fingerprint density at radius 1 is 1.75 bits per heavy atom. The topological polar surface area (TPSA) is 3.24 Å². The normalized spacial score (nSPS) is 23.2. The number of alkyl halides is 1. The minimum absolute atomic E-state index is 0.546. The molecule has 1 rings (SSSR count). The average Bonchev–Trinajstić information content (AvgIpc) is 1.64. The van der Waals surface area contributed by atoms with E-state index in [4.69, 9.17) is 0 Å². The fraction of sp³-hybridized carbons (Fsp3) is 0.833. The highest BCUT2D eigenvalue weighted by Crippen LogP contribution is 2.09. The van der Waals surface area contributed by atoms with Gasteiger partial charge in [0.15, 0.2) is 0 Å². The first-order valence-electron chi connectivity index (χ1n) is 2.97. The Morgan fingerprint density at radius 3 is 2.75 bits per heavy atom. The molecule has 1 fully saturated rings. The van der Waals surface area contributed by atoms with Gasteiger partial charge in [-0.3, -0.25) is 4.90 Å². The van der Waals surface area contributed by atoms with Gasteiger partial charge in [0.05, 0.1) is 0 Å². The van der Waals surface area contributed by atoms with Crippen molar-refractivity contribution < 1.29 is 4.39 Å². The van der Waals surface area contributed by atoms with E-state index in [9.17, 15) is 4.39 Å². The van der Waals surface area contributed by atoms with Gasteiger partial charge in [0.2, 0.25) is 0 Å². The van der Waals surface area contributed by atoms with Gasteiger partial charge in [-0.1, -0.05) is 6.92 Å². The summed E-state index contributed by atoms with van der Waals surface area (Å²) in [7, 11) is 0. The number of rotatable bonds is 2. The van der Waals surface area contributed by atoms with Crippen LogP contribution in [-0.4, -0.2) is 30.7 Å². The minimum atomic E-state index is -0.546. The average molecular weight is 116 g/mol. The van der Waals surface area contributed by atoms with Gasteiger partial charge < -0.3 is 0 Å². The Morgan fingerprint density at radius 2 is 2.38 bits per heavy atom. The predicted molar refractivity (Wildman–Crippen MR) is 31.3 cm³/mol. The fourth-order valence-electron chi connectivity index (χ4n) is 0.914. The summed E-state index contributed by atoms with van der Waals surface area (Å²) in [5, 5.41) is 0. The number of likely N-dealkylation sites (tertiary alicyclic amines) is 1. The Balaban J connectivity index is 1.98. The van der Waals surface area contributed by atoms with E-state index >= 15 is 0 Å². The Kier molecular flexibility index (Phi) is 1.84. The molecule has 47 valence electrons. The lowest BCUT2D eigenvalue weighted by atomic mass is 10.2. The van der Waals surface area contributed by atoms with Crippen molar-refractivity contribution in [1.82, 2.24) is 4.90 Å². The molecule has 2 heteroatoms. The molecule has 0 aliphatic carbocycles. The summed E-state index contributed by atoms with van der Waals surface area (Å²) in [6.45, 7) is 4.22. The maximum atomic E-state index is 12.0. The predicted octanol–water partition coefficient (Wildman–Crippen LogP) is 0.864. The smallest absolute Gasteiger partial charge is 0.125 e. The van der Waals surface area contributed by atoms with E-state index < -0.39 is 6.17 Å². The molecule has 1 aliphatic heterocycles. The summed E-state index contributed by atoms with van der Waals surface area (Å²) in [5.74, 6) is 0. The Bertz CT molecular complexity index is 66.2. The second kappa shape index (κ2) is 2.44. The summed E-state index contributed by atoms with van der Waals surface area (Å²) >= 11 is 0. The van der Waals surface area contributed by atoms with Gasteiger partial charge >= 0.3 is 0 Å². The van der Waals surface area contributed by atoms with Crippen LogP contribution in [0.3, 0.4) is 0 Å². The monoisotopic (exact) mass is 116 g/mol. The lowest BCUT2D eigenvalue weighted by Crippen LogP contribution is -2.48. The van der Waals surface area contributed by atoms with Crippen LogP contribution < -0.4 is 0 Å². The van der Waals surface area contributed by atoms with Gasteiger partial charge in [-0.2, -0.15) is 0 Å². The zero-order valence-corrected chi connectivity index (χ0v) is 5.10. The van der Waals surface area contributed by atoms with E-state index in [-0.39, 0.29) is 0 Å². The molecule has 0 saturated carbocycles. The molecule has 0 N–H and O–H groups in total. The van der Waals surface area contributed by atoms with Crippen LogP contribution in [0.4, 0.5) is 4.39 Å². The molecule has 1 heterocycles. The Hall–Kier alpha value is -0.110. The third kappa shape index (κ3) is 1.19. The van der Waals surface area contributed by atoms with Crippen LogP contribution in [0.5, 0.6) is 0 Å². The van der Waals surface area contributed by atoms with Crippen molar-refractivity contribution in [2.75, 3.05) is 19.6 Å². The molecule has 0 bridgehead atoms. The number of hydrogen-bond acceptors (Lipinski definition) is 1. The molecule has 8 heavy (non-hydrogen) atoms. The molecule has 0 aromatic rings. The highest BCUT2D eigenvalue weighted by Gasteiger charge is 2.24. The van der Waals surface area contributed by atoms with Crippen LogP contribution in [0.15, 0.2) is 0 Å². The Labute approximate surface area is 49.5 Å². The zero-order chi connectivity index (χ0) is 5.98. The lowest BCUT2D eigenvalue weighted by Gasteiger charge is -2.33. The first kappa shape index (κ1) is 6.02. The van der Waals surface area contributed by atoms with Crippen molar-refractivity contribution >= 4 is 0 Å². The highest BCUT2D eigenvalue weighted by molar-refractivity contribution is 4.81. The molecule has 0 aromatic carbocycles. The van der Waals surface area contributed by atoms with Gasteiger partial charge in [0.1, 0.15) is 6.17 Å². The summed E-state index contributed by atoms with van der Waals surface area (Å²) in [6.07, 6.45) is 1.50. The van der Waals surface area contributed by atoms with Gasteiger partial charge in [-0.15, -0.1) is 0 Å². The molecule has 1 radical (unpaired) electrons. The molecular formula is C6H11FN. The van der Waals surface area contributed by atoms with Crippen molar-refractivity contribution in [2.24, 2.45) is 0 Å². The van der Waals surface area contributed by atoms with Crippen LogP contribution in [0, 0.1) is 6.42 Å². The van der Waals surface area contributed by atoms with Crippen LogP contribution in [0.2, 0.25) is 0 Å². The standard InChI is InChI=1S/C6H11FN/c1-2-3-8-4-6(7)5-8/h2,6H,3-5H2,1H3. The van der Waals surface area contributed by atoms with Crippen LogP contribution in [-0.2, 0) is 0 Å². The van der Waals surface area contributed by atoms with E-state index in [0.29, 0.717) is 13.1 Å². The fourth-order valence-corrected chi connectivity index (χ4v) is 0.914. The largest absolute Gasteiger partial charge is 0.297 e. The van der Waals surface area contributed by atoms with E-state index in [2.05, 4.69) is 4.90 Å². The van der Waals surface area contributed by atoms with Gasteiger partial charge in [0, 0.05) is 19.6 Å². The van der Waals surface area contributed by atoms with E-state index in [1.54, 1.807) is 0 Å². The summed E-state index contributed by atoms with van der Waals surface area (Å²) in [4.78, 5) is 2.07. The molecule has 0 aromatic heterocycles. The van der Waals surface area contributed by atoms with Crippen molar-refractivity contribution in [3.8, 4) is 0 Å². The number of hydrogen-bond donors (Lipinski definition) is 0. The van der Waals surface area contributed by atoms with Crippen molar-refractivity contribution in [3.63, 3.8) is 0 Å². The summed E-state index contributed by atoms with van der Waals surface area (Å²) < 4.78 is 12.0. The quantitative estimate of drug-likeness (QED) is 0.517. The molecule has 1 saturated heterocycles. The zero-order valence-electron chi connectivity index (χ0n) is 5.10. The van der Waals surface area contributed by atoms with Crippen LogP contribution in [0.25, 0.3) is 0 Å². The molecular weight excluding hydrogens is 105 g/mol. The first-order valence-corrected chi connectivity index (χ1v) is 2.97. The maximum Gasteiger partial charge on any atom is 0.125 e. The second-order valence-corrected chi connectivity index (χ2v) is 2.22. The number of halogens is 1. The van der Waals surface area contributed by atoms with E-state index in [1.165, 1.54) is 0 Å². The molecule has 0 unspecified atom stereocenters.